The minimum absolute atomic E-state index is 0.0941. The quantitative estimate of drug-likeness (QED) is 0.865. The predicted octanol–water partition coefficient (Wildman–Crippen LogP) is 3.06. The Morgan fingerprint density at radius 3 is 2.53 bits per heavy atom. The van der Waals surface area contributed by atoms with E-state index in [1.165, 1.54) is 0 Å². The first-order chi connectivity index (χ1) is 9.15. The molecule has 0 spiro atoms. The lowest BCUT2D eigenvalue weighted by atomic mass is 10.0. The van der Waals surface area contributed by atoms with E-state index in [1.54, 1.807) is 42.5 Å². The van der Waals surface area contributed by atoms with E-state index < -0.39 is 10.8 Å². The van der Waals surface area contributed by atoms with Gasteiger partial charge in [-0.05, 0) is 42.5 Å². The van der Waals surface area contributed by atoms with Gasteiger partial charge in [0.15, 0.2) is 5.78 Å². The average molecular weight is 292 g/mol. The lowest BCUT2D eigenvalue weighted by molar-refractivity contribution is 0.103. The largest absolute Gasteiger partial charge is 0.372 e. The topological polar surface area (TPSA) is 46.2 Å². The summed E-state index contributed by atoms with van der Waals surface area (Å²) in [6.07, 6.45) is 0. The van der Waals surface area contributed by atoms with Crippen LogP contribution in [0.2, 0.25) is 5.02 Å². The first-order valence-electron chi connectivity index (χ1n) is 5.72. The Bertz CT molecular complexity index is 682. The molecule has 1 aliphatic heterocycles. The summed E-state index contributed by atoms with van der Waals surface area (Å²) in [6, 6.07) is 12.0. The third-order valence-electron chi connectivity index (χ3n) is 2.99. The minimum Gasteiger partial charge on any atom is -0.372 e. The second kappa shape index (κ2) is 4.79. The Balaban J connectivity index is 1.99. The van der Waals surface area contributed by atoms with E-state index in [-0.39, 0.29) is 5.78 Å². The highest BCUT2D eigenvalue weighted by Gasteiger charge is 2.19. The molecule has 5 heteroatoms. The van der Waals surface area contributed by atoms with Crippen LogP contribution in [-0.2, 0) is 10.8 Å². The second-order valence-corrected chi connectivity index (χ2v) is 6.07. The fourth-order valence-electron chi connectivity index (χ4n) is 1.99. The van der Waals surface area contributed by atoms with Crippen molar-refractivity contribution in [3.63, 3.8) is 0 Å². The first-order valence-corrected chi connectivity index (χ1v) is 7.41. The smallest absolute Gasteiger partial charge is 0.193 e. The lowest BCUT2D eigenvalue weighted by Crippen LogP contribution is -2.01. The number of ketones is 1. The van der Waals surface area contributed by atoms with Crippen LogP contribution >= 0.6 is 11.6 Å². The average Bonchev–Trinajstić information content (AvgIpc) is 2.80. The van der Waals surface area contributed by atoms with Gasteiger partial charge in [0.25, 0.3) is 0 Å². The molecule has 0 fully saturated rings. The lowest BCUT2D eigenvalue weighted by Gasteiger charge is -2.04. The van der Waals surface area contributed by atoms with Gasteiger partial charge >= 0.3 is 0 Å². The number of carbonyl (C=O) groups excluding carboxylic acids is 1. The number of anilines is 1. The molecule has 0 bridgehead atoms. The van der Waals surface area contributed by atoms with Crippen molar-refractivity contribution in [2.45, 2.75) is 4.90 Å². The number of hydrogen-bond acceptors (Lipinski definition) is 3. The van der Waals surface area contributed by atoms with E-state index in [2.05, 4.69) is 5.32 Å². The molecule has 3 rings (SSSR count). The zero-order chi connectivity index (χ0) is 13.4. The summed E-state index contributed by atoms with van der Waals surface area (Å²) < 4.78 is 11.7. The molecule has 1 N–H and O–H groups in total. The molecule has 96 valence electrons. The van der Waals surface area contributed by atoms with Crippen molar-refractivity contribution in [1.29, 1.82) is 0 Å². The molecule has 2 aromatic rings. The van der Waals surface area contributed by atoms with E-state index in [0.29, 0.717) is 26.9 Å². The minimum atomic E-state index is -1.07. The zero-order valence-corrected chi connectivity index (χ0v) is 11.4. The molecule has 0 saturated carbocycles. The van der Waals surface area contributed by atoms with Crippen LogP contribution in [-0.4, -0.2) is 15.9 Å². The molecular formula is C14H10ClNO2S. The predicted molar refractivity (Wildman–Crippen MR) is 76.2 cm³/mol. The maximum absolute atomic E-state index is 12.3. The van der Waals surface area contributed by atoms with Crippen molar-refractivity contribution in [3.05, 3.63) is 58.6 Å². The van der Waals surface area contributed by atoms with Crippen LogP contribution in [0.15, 0.2) is 47.4 Å². The highest BCUT2D eigenvalue weighted by Crippen LogP contribution is 2.27. The van der Waals surface area contributed by atoms with Crippen LogP contribution in [0.4, 0.5) is 5.69 Å². The Labute approximate surface area is 118 Å². The summed E-state index contributed by atoms with van der Waals surface area (Å²) in [7, 11) is -1.07. The van der Waals surface area contributed by atoms with Gasteiger partial charge in [-0.2, -0.15) is 0 Å². The molecule has 0 saturated heterocycles. The van der Waals surface area contributed by atoms with Crippen LogP contribution in [0.1, 0.15) is 15.9 Å². The Morgan fingerprint density at radius 1 is 1.11 bits per heavy atom. The molecule has 1 atom stereocenters. The van der Waals surface area contributed by atoms with Gasteiger partial charge in [-0.15, -0.1) is 0 Å². The number of carbonyl (C=O) groups is 1. The highest BCUT2D eigenvalue weighted by molar-refractivity contribution is 7.85. The molecule has 1 heterocycles. The van der Waals surface area contributed by atoms with Gasteiger partial charge in [0.1, 0.15) is 0 Å². The SMILES string of the molecule is O=C(c1ccc(Cl)cc1)c1ccc2c(c1)S(=O)CN2. The van der Waals surface area contributed by atoms with E-state index in [9.17, 15) is 9.00 Å². The number of halogens is 1. The monoisotopic (exact) mass is 291 g/mol. The van der Waals surface area contributed by atoms with Crippen molar-refractivity contribution in [2.24, 2.45) is 0 Å². The van der Waals surface area contributed by atoms with Gasteiger partial charge in [0.2, 0.25) is 0 Å². The van der Waals surface area contributed by atoms with Gasteiger partial charge < -0.3 is 5.32 Å². The number of hydrogen-bond donors (Lipinski definition) is 1. The molecule has 0 aliphatic carbocycles. The number of nitrogens with one attached hydrogen (secondary N) is 1. The normalized spacial score (nSPS) is 16.8. The Kier molecular flexibility index (Phi) is 3.12. The molecule has 3 nitrogen and oxygen atoms in total. The van der Waals surface area contributed by atoms with Gasteiger partial charge in [0, 0.05) is 16.1 Å². The molecule has 1 unspecified atom stereocenters. The van der Waals surface area contributed by atoms with Crippen molar-refractivity contribution in [1.82, 2.24) is 0 Å². The van der Waals surface area contributed by atoms with Gasteiger partial charge in [-0.3, -0.25) is 9.00 Å². The van der Waals surface area contributed by atoms with Crippen molar-refractivity contribution in [2.75, 3.05) is 11.2 Å². The number of rotatable bonds is 2. The summed E-state index contributed by atoms with van der Waals surface area (Å²) in [5.74, 6) is 0.317. The van der Waals surface area contributed by atoms with E-state index >= 15 is 0 Å². The molecule has 0 amide bonds. The van der Waals surface area contributed by atoms with Crippen LogP contribution < -0.4 is 5.32 Å². The summed E-state index contributed by atoms with van der Waals surface area (Å²) in [5.41, 5.74) is 1.95. The maximum atomic E-state index is 12.3. The molecular weight excluding hydrogens is 282 g/mol. The third-order valence-corrected chi connectivity index (χ3v) is 4.48. The molecule has 19 heavy (non-hydrogen) atoms. The van der Waals surface area contributed by atoms with Crippen LogP contribution in [0.3, 0.4) is 0 Å². The third kappa shape index (κ3) is 2.29. The van der Waals surface area contributed by atoms with Crippen molar-refractivity contribution < 1.29 is 9.00 Å². The second-order valence-electron chi connectivity index (χ2n) is 4.21. The van der Waals surface area contributed by atoms with Gasteiger partial charge in [-0.1, -0.05) is 11.6 Å². The zero-order valence-electron chi connectivity index (χ0n) is 9.85. The molecule has 2 aromatic carbocycles. The number of benzene rings is 2. The fraction of sp³-hybridized carbons (Fsp3) is 0.0714. The first kappa shape index (κ1) is 12.4. The molecule has 1 aliphatic rings. The summed E-state index contributed by atoms with van der Waals surface area (Å²) in [5, 5.41) is 3.63. The summed E-state index contributed by atoms with van der Waals surface area (Å²) in [6.45, 7) is 0. The standard InChI is InChI=1S/C14H10ClNO2S/c15-11-4-1-9(2-5-11)14(17)10-3-6-12-13(7-10)19(18)8-16-12/h1-7,16H,8H2. The van der Waals surface area contributed by atoms with E-state index in [4.69, 9.17) is 11.6 Å². The van der Waals surface area contributed by atoms with Gasteiger partial charge in [0.05, 0.1) is 27.3 Å². The highest BCUT2D eigenvalue weighted by atomic mass is 35.5. The Hall–Kier alpha value is -1.65. The van der Waals surface area contributed by atoms with Crippen molar-refractivity contribution >= 4 is 33.9 Å². The van der Waals surface area contributed by atoms with E-state index in [0.717, 1.165) is 5.69 Å². The summed E-state index contributed by atoms with van der Waals surface area (Å²) in [4.78, 5) is 13.0. The number of fused-ring (bicyclic) bond motifs is 1. The van der Waals surface area contributed by atoms with Gasteiger partial charge in [-0.25, -0.2) is 0 Å². The fourth-order valence-corrected chi connectivity index (χ4v) is 3.20. The van der Waals surface area contributed by atoms with E-state index in [1.807, 2.05) is 0 Å². The van der Waals surface area contributed by atoms with Crippen LogP contribution in [0.25, 0.3) is 0 Å². The van der Waals surface area contributed by atoms with Crippen LogP contribution in [0.5, 0.6) is 0 Å². The molecule has 0 aromatic heterocycles. The van der Waals surface area contributed by atoms with Crippen LogP contribution in [0, 0.1) is 0 Å². The van der Waals surface area contributed by atoms with Crippen molar-refractivity contribution in [3.8, 4) is 0 Å². The Morgan fingerprint density at radius 2 is 1.79 bits per heavy atom. The molecule has 0 radical (unpaired) electrons. The summed E-state index contributed by atoms with van der Waals surface area (Å²) >= 11 is 5.80. The maximum Gasteiger partial charge on any atom is 0.193 e.